The molecule has 124 valence electrons. The van der Waals surface area contributed by atoms with Crippen molar-refractivity contribution in [2.24, 2.45) is 0 Å². The van der Waals surface area contributed by atoms with Crippen LogP contribution >= 0.6 is 15.9 Å². The third kappa shape index (κ3) is 5.89. The number of hydrogen-bond donors (Lipinski definition) is 2. The molecule has 0 aliphatic carbocycles. The number of halogens is 1. The van der Waals surface area contributed by atoms with E-state index >= 15 is 0 Å². The van der Waals surface area contributed by atoms with Gasteiger partial charge >= 0.3 is 0 Å². The molecule has 0 saturated carbocycles. The van der Waals surface area contributed by atoms with Crippen molar-refractivity contribution in [3.05, 3.63) is 70.7 Å². The highest BCUT2D eigenvalue weighted by atomic mass is 79.9. The minimum atomic E-state index is -0.752. The zero-order chi connectivity index (χ0) is 17.4. The highest BCUT2D eigenvalue weighted by Crippen LogP contribution is 2.18. The smallest absolute Gasteiger partial charge is 0.279 e. The van der Waals surface area contributed by atoms with E-state index in [0.717, 1.165) is 10.0 Å². The molecule has 2 aromatic rings. The van der Waals surface area contributed by atoms with Gasteiger partial charge in [0.15, 0.2) is 6.10 Å². The van der Waals surface area contributed by atoms with Crippen LogP contribution in [-0.4, -0.2) is 17.9 Å². The van der Waals surface area contributed by atoms with Crippen LogP contribution in [0.25, 0.3) is 6.08 Å². The molecule has 0 unspecified atom stereocenters. The monoisotopic (exact) mass is 388 g/mol. The highest BCUT2D eigenvalue weighted by molar-refractivity contribution is 9.10. The van der Waals surface area contributed by atoms with Gasteiger partial charge in [-0.3, -0.25) is 20.4 Å². The fraction of sp³-hybridized carbons (Fsp3) is 0.111. The second-order valence-corrected chi connectivity index (χ2v) is 5.86. The summed E-state index contributed by atoms with van der Waals surface area (Å²) >= 11 is 3.33. The van der Waals surface area contributed by atoms with Gasteiger partial charge in [-0.15, -0.1) is 0 Å². The average Bonchev–Trinajstić information content (AvgIpc) is 2.58. The molecule has 6 heteroatoms. The van der Waals surface area contributed by atoms with Gasteiger partial charge in [0.25, 0.3) is 11.8 Å². The van der Waals surface area contributed by atoms with Gasteiger partial charge in [0.2, 0.25) is 0 Å². The minimum Gasteiger partial charge on any atom is -0.481 e. The summed E-state index contributed by atoms with van der Waals surface area (Å²) in [5.41, 5.74) is 5.54. The number of benzene rings is 2. The molecular formula is C18H17BrN2O3. The molecular weight excluding hydrogens is 372 g/mol. The Labute approximate surface area is 148 Å². The van der Waals surface area contributed by atoms with E-state index in [-0.39, 0.29) is 0 Å². The van der Waals surface area contributed by atoms with Gasteiger partial charge in [-0.05, 0) is 36.8 Å². The Morgan fingerprint density at radius 3 is 2.54 bits per heavy atom. The lowest BCUT2D eigenvalue weighted by atomic mass is 10.2. The van der Waals surface area contributed by atoms with Gasteiger partial charge in [-0.2, -0.15) is 0 Å². The quantitative estimate of drug-likeness (QED) is 0.610. The molecule has 2 aromatic carbocycles. The van der Waals surface area contributed by atoms with Crippen LogP contribution in [0, 0.1) is 0 Å². The molecule has 24 heavy (non-hydrogen) atoms. The van der Waals surface area contributed by atoms with Crippen molar-refractivity contribution in [1.82, 2.24) is 10.9 Å². The third-order valence-corrected chi connectivity index (χ3v) is 3.51. The number of carbonyl (C=O) groups excluding carboxylic acids is 2. The molecule has 0 radical (unpaired) electrons. The predicted octanol–water partition coefficient (Wildman–Crippen LogP) is 3.08. The van der Waals surface area contributed by atoms with Crippen LogP contribution in [0.5, 0.6) is 5.75 Å². The van der Waals surface area contributed by atoms with Gasteiger partial charge in [0, 0.05) is 10.5 Å². The van der Waals surface area contributed by atoms with Gasteiger partial charge in [0.05, 0.1) is 0 Å². The zero-order valence-electron chi connectivity index (χ0n) is 13.0. The topological polar surface area (TPSA) is 67.4 Å². The van der Waals surface area contributed by atoms with E-state index in [2.05, 4.69) is 26.8 Å². The lowest BCUT2D eigenvalue weighted by Gasteiger charge is -2.14. The second-order valence-electron chi connectivity index (χ2n) is 4.94. The molecule has 0 aliphatic rings. The van der Waals surface area contributed by atoms with Crippen LogP contribution in [0.4, 0.5) is 0 Å². The van der Waals surface area contributed by atoms with E-state index in [1.807, 2.05) is 36.4 Å². The number of rotatable bonds is 5. The van der Waals surface area contributed by atoms with Gasteiger partial charge in [0.1, 0.15) is 5.75 Å². The summed E-state index contributed by atoms with van der Waals surface area (Å²) in [7, 11) is 0. The first kappa shape index (κ1) is 17.7. The first-order valence-electron chi connectivity index (χ1n) is 7.30. The van der Waals surface area contributed by atoms with Crippen molar-refractivity contribution in [2.45, 2.75) is 13.0 Å². The zero-order valence-corrected chi connectivity index (χ0v) is 14.6. The summed E-state index contributed by atoms with van der Waals surface area (Å²) in [6.07, 6.45) is 2.25. The molecule has 0 heterocycles. The van der Waals surface area contributed by atoms with Crippen LogP contribution in [0.15, 0.2) is 65.1 Å². The Kier molecular flexibility index (Phi) is 6.57. The molecule has 0 aromatic heterocycles. The standard InChI is InChI=1S/C18H17BrN2O3/c1-13(24-16-9-5-8-15(19)12-16)18(23)21-20-17(22)11-10-14-6-3-2-4-7-14/h2-13H,1H3,(H,20,22)(H,21,23)/b11-10+/t13-/m0/s1. The largest absolute Gasteiger partial charge is 0.481 e. The van der Waals surface area contributed by atoms with E-state index < -0.39 is 17.9 Å². The fourth-order valence-electron chi connectivity index (χ4n) is 1.80. The maximum absolute atomic E-state index is 11.9. The number of carbonyl (C=O) groups is 2. The molecule has 0 fully saturated rings. The van der Waals surface area contributed by atoms with Crippen LogP contribution in [-0.2, 0) is 9.59 Å². The summed E-state index contributed by atoms with van der Waals surface area (Å²) in [6.45, 7) is 1.60. The molecule has 1 atom stereocenters. The lowest BCUT2D eigenvalue weighted by molar-refractivity contribution is -0.131. The molecule has 2 amide bonds. The number of amides is 2. The fourth-order valence-corrected chi connectivity index (χ4v) is 2.18. The summed E-state index contributed by atoms with van der Waals surface area (Å²) in [5, 5.41) is 0. The van der Waals surface area contributed by atoms with Gasteiger partial charge in [-0.1, -0.05) is 52.3 Å². The molecule has 0 bridgehead atoms. The SMILES string of the molecule is C[C@H](Oc1cccc(Br)c1)C(=O)NNC(=O)/C=C/c1ccccc1. The van der Waals surface area contributed by atoms with Crippen molar-refractivity contribution in [1.29, 1.82) is 0 Å². The number of hydrogen-bond acceptors (Lipinski definition) is 3. The van der Waals surface area contributed by atoms with E-state index in [9.17, 15) is 9.59 Å². The van der Waals surface area contributed by atoms with Crippen molar-refractivity contribution in [3.63, 3.8) is 0 Å². The minimum absolute atomic E-state index is 0.429. The van der Waals surface area contributed by atoms with E-state index in [0.29, 0.717) is 5.75 Å². The number of nitrogens with one attached hydrogen (secondary N) is 2. The molecule has 0 spiro atoms. The van der Waals surface area contributed by atoms with Crippen LogP contribution in [0.2, 0.25) is 0 Å². The average molecular weight is 389 g/mol. The summed E-state index contributed by atoms with van der Waals surface area (Å²) < 4.78 is 6.36. The Hall–Kier alpha value is -2.60. The molecule has 2 rings (SSSR count). The second kappa shape index (κ2) is 8.88. The van der Waals surface area contributed by atoms with Crippen LogP contribution < -0.4 is 15.6 Å². The first-order chi connectivity index (χ1) is 11.5. The highest BCUT2D eigenvalue weighted by Gasteiger charge is 2.14. The summed E-state index contributed by atoms with van der Waals surface area (Å²) in [5.74, 6) is -0.319. The summed E-state index contributed by atoms with van der Waals surface area (Å²) in [6, 6.07) is 16.6. The molecule has 5 nitrogen and oxygen atoms in total. The van der Waals surface area contributed by atoms with E-state index in [1.165, 1.54) is 6.08 Å². The summed E-state index contributed by atoms with van der Waals surface area (Å²) in [4.78, 5) is 23.6. The normalized spacial score (nSPS) is 11.8. The van der Waals surface area contributed by atoms with E-state index in [4.69, 9.17) is 4.74 Å². The van der Waals surface area contributed by atoms with Crippen molar-refractivity contribution in [3.8, 4) is 5.75 Å². The van der Waals surface area contributed by atoms with Crippen LogP contribution in [0.3, 0.4) is 0 Å². The van der Waals surface area contributed by atoms with Crippen LogP contribution in [0.1, 0.15) is 12.5 Å². The first-order valence-corrected chi connectivity index (χ1v) is 8.09. The van der Waals surface area contributed by atoms with Crippen molar-refractivity contribution in [2.75, 3.05) is 0 Å². The molecule has 0 aliphatic heterocycles. The molecule has 2 N–H and O–H groups in total. The number of ether oxygens (including phenoxy) is 1. The lowest BCUT2D eigenvalue weighted by Crippen LogP contribution is -2.46. The Bertz CT molecular complexity index is 732. The Morgan fingerprint density at radius 2 is 1.83 bits per heavy atom. The Balaban J connectivity index is 1.79. The van der Waals surface area contributed by atoms with Crippen molar-refractivity contribution >= 4 is 33.8 Å². The van der Waals surface area contributed by atoms with Gasteiger partial charge < -0.3 is 4.74 Å². The Morgan fingerprint density at radius 1 is 1.08 bits per heavy atom. The predicted molar refractivity (Wildman–Crippen MR) is 96.0 cm³/mol. The van der Waals surface area contributed by atoms with E-state index in [1.54, 1.807) is 31.2 Å². The molecule has 0 saturated heterocycles. The number of hydrazine groups is 1. The maximum Gasteiger partial charge on any atom is 0.279 e. The van der Waals surface area contributed by atoms with Gasteiger partial charge in [-0.25, -0.2) is 0 Å². The maximum atomic E-state index is 11.9. The third-order valence-electron chi connectivity index (χ3n) is 3.01. The van der Waals surface area contributed by atoms with Crippen molar-refractivity contribution < 1.29 is 14.3 Å².